The molecule has 0 bridgehead atoms. The van der Waals surface area contributed by atoms with Crippen LogP contribution in [0.25, 0.3) is 0 Å². The minimum Gasteiger partial charge on any atom is -0.233 e. The van der Waals surface area contributed by atoms with E-state index >= 15 is 0 Å². The van der Waals surface area contributed by atoms with Crippen LogP contribution in [-0.2, 0) is 0 Å². The summed E-state index contributed by atoms with van der Waals surface area (Å²) in [6, 6.07) is 15.3. The van der Waals surface area contributed by atoms with Gasteiger partial charge >= 0.3 is 0 Å². The Morgan fingerprint density at radius 3 is 1.25 bits per heavy atom. The molecule has 2 aromatic rings. The Bertz CT molecular complexity index is 590. The molecule has 6 heteroatoms. The fourth-order valence-electron chi connectivity index (χ4n) is 1.35. The molecule has 0 unspecified atom stereocenters. The molecule has 0 spiro atoms. The fraction of sp³-hybridized carbons (Fsp3) is 0. The van der Waals surface area contributed by atoms with Gasteiger partial charge in [0.25, 0.3) is 0 Å². The lowest BCUT2D eigenvalue weighted by molar-refractivity contribution is 1.50. The van der Waals surface area contributed by atoms with Crippen LogP contribution in [0.2, 0.25) is 0 Å². The number of hydrogen-bond donors (Lipinski definition) is 0. The van der Waals surface area contributed by atoms with Gasteiger partial charge in [-0.3, -0.25) is 0 Å². The van der Waals surface area contributed by atoms with Gasteiger partial charge in [-0.25, -0.2) is 9.98 Å². The highest BCUT2D eigenvalue weighted by Gasteiger charge is 2.03. The molecule has 0 aliphatic carbocycles. The number of benzene rings is 2. The molecule has 2 rings (SSSR count). The molecule has 2 nitrogen and oxygen atoms in total. The van der Waals surface area contributed by atoms with Crippen LogP contribution in [0.15, 0.2) is 58.5 Å². The monoisotopic (exact) mass is 528 g/mol. The first kappa shape index (κ1) is 16.2. The molecule has 0 N–H and O–H groups in total. The maximum Gasteiger partial charge on any atom is 0.166 e. The van der Waals surface area contributed by atoms with Gasteiger partial charge in [-0.15, -0.1) is 0 Å². The molecule has 20 heavy (non-hydrogen) atoms. The third-order valence-electron chi connectivity index (χ3n) is 2.28. The summed E-state index contributed by atoms with van der Waals surface area (Å²) in [6.07, 6.45) is 0. The van der Waals surface area contributed by atoms with E-state index in [9.17, 15) is 0 Å². The molecule has 2 aromatic carbocycles. The molecule has 0 atom stereocenters. The first-order valence-electron chi connectivity index (χ1n) is 5.54. The zero-order valence-electron chi connectivity index (χ0n) is 10.0. The van der Waals surface area contributed by atoms with Gasteiger partial charge in [0.15, 0.2) is 10.3 Å². The van der Waals surface area contributed by atoms with Crippen molar-refractivity contribution in [2.75, 3.05) is 0 Å². The smallest absolute Gasteiger partial charge is 0.166 e. The van der Waals surface area contributed by atoms with E-state index in [0.717, 1.165) is 18.5 Å². The molecule has 0 saturated carbocycles. The summed E-state index contributed by atoms with van der Waals surface area (Å²) in [7, 11) is 0. The van der Waals surface area contributed by atoms with Gasteiger partial charge in [0.05, 0.1) is 11.4 Å². The van der Waals surface area contributed by atoms with Crippen LogP contribution in [0.1, 0.15) is 0 Å². The second kappa shape index (κ2) is 7.72. The van der Waals surface area contributed by atoms with Crippen LogP contribution < -0.4 is 0 Å². The zero-order chi connectivity index (χ0) is 14.5. The summed E-state index contributed by atoms with van der Waals surface area (Å²) in [4.78, 5) is 8.46. The Labute approximate surface area is 154 Å². The van der Waals surface area contributed by atoms with Gasteiger partial charge in [-0.05, 0) is 93.7 Å². The van der Waals surface area contributed by atoms with E-state index in [2.05, 4.69) is 55.2 Å². The predicted octanol–water partition coefficient (Wildman–Crippen LogP) is 6.13. The number of halogens is 4. The van der Waals surface area contributed by atoms with Crippen molar-refractivity contribution in [2.45, 2.75) is 0 Å². The van der Waals surface area contributed by atoms with Crippen LogP contribution in [0.3, 0.4) is 0 Å². The summed E-state index contributed by atoms with van der Waals surface area (Å²) in [5.41, 5.74) is 1.48. The van der Waals surface area contributed by atoms with E-state index in [1.165, 1.54) is 0 Å². The van der Waals surface area contributed by atoms with Crippen LogP contribution in [0.4, 0.5) is 11.4 Å². The zero-order valence-corrected chi connectivity index (χ0v) is 15.9. The first-order chi connectivity index (χ1) is 9.54. The third-order valence-corrected chi connectivity index (χ3v) is 4.34. The lowest BCUT2D eigenvalue weighted by atomic mass is 10.3. The van der Waals surface area contributed by atoms with Crippen molar-refractivity contribution in [3.63, 3.8) is 0 Å². The maximum atomic E-state index is 6.07. The van der Waals surface area contributed by atoms with E-state index < -0.39 is 0 Å². The summed E-state index contributed by atoms with van der Waals surface area (Å²) in [5.74, 6) is 0. The van der Waals surface area contributed by atoms with E-state index in [-0.39, 0.29) is 10.3 Å². The van der Waals surface area contributed by atoms with E-state index in [1.54, 1.807) is 0 Å². The lowest BCUT2D eigenvalue weighted by Gasteiger charge is -1.99. The number of nitrogens with zero attached hydrogens (tertiary/aromatic N) is 2. The number of aliphatic imine (C=N–C) groups is 2. The number of rotatable bonds is 3. The molecule has 0 saturated heterocycles. The first-order valence-corrected chi connectivity index (χ1v) is 8.46. The molecule has 0 radical (unpaired) electrons. The highest BCUT2D eigenvalue weighted by molar-refractivity contribution is 14.1. The molecule has 0 amide bonds. The third kappa shape index (κ3) is 4.98. The Kier molecular flexibility index (Phi) is 6.25. The van der Waals surface area contributed by atoms with Gasteiger partial charge in [0.1, 0.15) is 0 Å². The standard InChI is InChI=1S/C14H8Cl2I2N2/c15-13(19-11-5-1-9(17)2-6-11)14(16)20-12-7-3-10(18)4-8-12/h1-8H. The molecule has 102 valence electrons. The molecule has 0 aromatic heterocycles. The van der Waals surface area contributed by atoms with Crippen molar-refractivity contribution in [1.82, 2.24) is 0 Å². The van der Waals surface area contributed by atoms with Crippen LogP contribution >= 0.6 is 68.4 Å². The SMILES string of the molecule is ClC(=Nc1ccc(I)cc1)C(Cl)=Nc1ccc(I)cc1. The topological polar surface area (TPSA) is 24.7 Å². The maximum absolute atomic E-state index is 6.07. The van der Waals surface area contributed by atoms with Gasteiger partial charge in [-0.2, -0.15) is 0 Å². The molecule has 0 aliphatic rings. The fourth-order valence-corrected chi connectivity index (χ4v) is 2.35. The van der Waals surface area contributed by atoms with Crippen molar-refractivity contribution >= 4 is 90.1 Å². The van der Waals surface area contributed by atoms with Crippen molar-refractivity contribution < 1.29 is 0 Å². The summed E-state index contributed by atoms with van der Waals surface area (Å²) >= 11 is 16.6. The van der Waals surface area contributed by atoms with Gasteiger partial charge in [-0.1, -0.05) is 23.2 Å². The molecule has 0 fully saturated rings. The van der Waals surface area contributed by atoms with Crippen LogP contribution in [-0.4, -0.2) is 10.3 Å². The van der Waals surface area contributed by atoms with Crippen LogP contribution in [0, 0.1) is 7.14 Å². The second-order valence-corrected chi connectivity index (χ2v) is 6.97. The van der Waals surface area contributed by atoms with Gasteiger partial charge in [0.2, 0.25) is 0 Å². The normalized spacial score (nSPS) is 12.6. The Balaban J connectivity index is 2.21. The molecule has 0 heterocycles. The van der Waals surface area contributed by atoms with E-state index in [0.29, 0.717) is 0 Å². The molecule has 0 aliphatic heterocycles. The second-order valence-electron chi connectivity index (χ2n) is 3.76. The number of hydrogen-bond acceptors (Lipinski definition) is 2. The quantitative estimate of drug-likeness (QED) is 0.338. The summed E-state index contributed by atoms with van der Waals surface area (Å²) in [6.45, 7) is 0. The Morgan fingerprint density at radius 1 is 0.650 bits per heavy atom. The average Bonchev–Trinajstić information content (AvgIpc) is 2.44. The largest absolute Gasteiger partial charge is 0.233 e. The minimum absolute atomic E-state index is 0.173. The van der Waals surface area contributed by atoms with Crippen molar-refractivity contribution in [3.8, 4) is 0 Å². The molecular formula is C14H8Cl2I2N2. The lowest BCUT2D eigenvalue weighted by Crippen LogP contribution is -1.98. The summed E-state index contributed by atoms with van der Waals surface area (Å²) in [5, 5.41) is 0.345. The van der Waals surface area contributed by atoms with Crippen molar-refractivity contribution in [2.24, 2.45) is 9.98 Å². The predicted molar refractivity (Wildman–Crippen MR) is 104 cm³/mol. The average molecular weight is 529 g/mol. The summed E-state index contributed by atoms with van der Waals surface area (Å²) < 4.78 is 2.27. The van der Waals surface area contributed by atoms with E-state index in [1.807, 2.05) is 48.5 Å². The van der Waals surface area contributed by atoms with Gasteiger partial charge in [0, 0.05) is 7.14 Å². The Hall–Kier alpha value is -0.180. The van der Waals surface area contributed by atoms with Gasteiger partial charge < -0.3 is 0 Å². The highest BCUT2D eigenvalue weighted by Crippen LogP contribution is 2.19. The Morgan fingerprint density at radius 2 is 0.950 bits per heavy atom. The van der Waals surface area contributed by atoms with Crippen molar-refractivity contribution in [3.05, 3.63) is 55.7 Å². The van der Waals surface area contributed by atoms with Crippen molar-refractivity contribution in [1.29, 1.82) is 0 Å². The molecular weight excluding hydrogens is 521 g/mol. The minimum atomic E-state index is 0.173. The van der Waals surface area contributed by atoms with Crippen LogP contribution in [0.5, 0.6) is 0 Å². The van der Waals surface area contributed by atoms with E-state index in [4.69, 9.17) is 23.2 Å². The highest BCUT2D eigenvalue weighted by atomic mass is 127.